The smallest absolute Gasteiger partial charge is 0.327 e. The molecule has 4 rings (SSSR count). The van der Waals surface area contributed by atoms with Crippen molar-refractivity contribution in [2.45, 2.75) is 12.8 Å². The van der Waals surface area contributed by atoms with Crippen molar-refractivity contribution >= 4 is 23.7 Å². The molecular weight excluding hydrogens is 398 g/mol. The van der Waals surface area contributed by atoms with Crippen LogP contribution in [0.15, 0.2) is 53.5 Å². The van der Waals surface area contributed by atoms with Crippen molar-refractivity contribution in [3.05, 3.63) is 71.0 Å². The Hall–Kier alpha value is -4.14. The van der Waals surface area contributed by atoms with Crippen LogP contribution in [0.5, 0.6) is 11.5 Å². The lowest BCUT2D eigenvalue weighted by Crippen LogP contribution is -2.22. The van der Waals surface area contributed by atoms with E-state index in [9.17, 15) is 14.7 Å². The Bertz CT molecular complexity index is 1160. The number of aromatic hydroxyl groups is 1. The van der Waals surface area contributed by atoms with E-state index in [2.05, 4.69) is 20.6 Å². The molecule has 1 saturated heterocycles. The summed E-state index contributed by atoms with van der Waals surface area (Å²) >= 11 is 0. The molecule has 1 aliphatic heterocycles. The van der Waals surface area contributed by atoms with E-state index in [0.717, 1.165) is 28.3 Å². The van der Waals surface area contributed by atoms with E-state index < -0.39 is 11.9 Å². The van der Waals surface area contributed by atoms with Crippen LogP contribution >= 0.6 is 0 Å². The number of aromatic nitrogens is 2. The number of urea groups is 1. The monoisotopic (exact) mass is 419 g/mol. The van der Waals surface area contributed by atoms with Crippen LogP contribution in [0.2, 0.25) is 0 Å². The molecule has 3 aromatic rings. The number of aliphatic imine (C=N–C) groups is 1. The van der Waals surface area contributed by atoms with Gasteiger partial charge in [-0.3, -0.25) is 15.4 Å². The van der Waals surface area contributed by atoms with E-state index in [0.29, 0.717) is 18.8 Å². The fraction of sp³-hybridized carbons (Fsp3) is 0.182. The summed E-state index contributed by atoms with van der Waals surface area (Å²) in [5, 5.41) is 14.1. The molecule has 0 radical (unpaired) electrons. The average Bonchev–Trinajstić information content (AvgIpc) is 3.23. The highest BCUT2D eigenvalue weighted by Gasteiger charge is 2.26. The van der Waals surface area contributed by atoms with E-state index in [1.165, 1.54) is 0 Å². The minimum atomic E-state index is -0.610. The number of carbonyl (C=O) groups is 2. The number of amides is 3. The van der Waals surface area contributed by atoms with E-state index in [1.807, 2.05) is 43.4 Å². The van der Waals surface area contributed by atoms with Gasteiger partial charge >= 0.3 is 6.03 Å². The Labute approximate surface area is 178 Å². The number of amidine groups is 1. The first-order valence-corrected chi connectivity index (χ1v) is 9.59. The first-order chi connectivity index (χ1) is 14.9. The topological polar surface area (TPSA) is 118 Å². The SMILES string of the molecule is COc1ccc(Cc2nc(/N=C3\NC(=O)NC3=O)n(C)c2Cc2ccc(O)cc2)cc1. The molecule has 3 N–H and O–H groups in total. The Balaban J connectivity index is 1.71. The molecule has 3 amide bonds. The number of ether oxygens (including phenoxy) is 1. The van der Waals surface area contributed by atoms with Crippen molar-refractivity contribution in [2.75, 3.05) is 7.11 Å². The van der Waals surface area contributed by atoms with Gasteiger partial charge in [0.05, 0.1) is 12.8 Å². The van der Waals surface area contributed by atoms with Gasteiger partial charge < -0.3 is 14.4 Å². The summed E-state index contributed by atoms with van der Waals surface area (Å²) in [6.07, 6.45) is 1.10. The lowest BCUT2D eigenvalue weighted by molar-refractivity contribution is -0.113. The number of benzene rings is 2. The molecule has 0 unspecified atom stereocenters. The number of imidazole rings is 1. The molecule has 0 saturated carbocycles. The molecule has 31 heavy (non-hydrogen) atoms. The maximum absolute atomic E-state index is 11.9. The molecule has 1 fully saturated rings. The predicted molar refractivity (Wildman–Crippen MR) is 114 cm³/mol. The van der Waals surface area contributed by atoms with E-state index >= 15 is 0 Å². The van der Waals surface area contributed by atoms with Crippen LogP contribution in [0.25, 0.3) is 0 Å². The first-order valence-electron chi connectivity index (χ1n) is 9.59. The molecule has 9 heteroatoms. The van der Waals surface area contributed by atoms with Crippen LogP contribution in [0, 0.1) is 0 Å². The quantitative estimate of drug-likeness (QED) is 0.530. The van der Waals surface area contributed by atoms with Gasteiger partial charge in [0.1, 0.15) is 11.5 Å². The zero-order chi connectivity index (χ0) is 22.0. The zero-order valence-corrected chi connectivity index (χ0v) is 17.0. The molecular formula is C22H21N5O4. The highest BCUT2D eigenvalue weighted by atomic mass is 16.5. The fourth-order valence-corrected chi connectivity index (χ4v) is 3.32. The summed E-state index contributed by atoms with van der Waals surface area (Å²) in [6, 6.07) is 14.0. The van der Waals surface area contributed by atoms with Crippen molar-refractivity contribution in [3.8, 4) is 11.5 Å². The van der Waals surface area contributed by atoms with Crippen molar-refractivity contribution in [1.82, 2.24) is 20.2 Å². The molecule has 0 spiro atoms. The highest BCUT2D eigenvalue weighted by Crippen LogP contribution is 2.24. The number of methoxy groups -OCH3 is 1. The third-order valence-electron chi connectivity index (χ3n) is 5.00. The normalized spacial score (nSPS) is 14.6. The molecule has 9 nitrogen and oxygen atoms in total. The second kappa shape index (κ2) is 8.31. The van der Waals surface area contributed by atoms with Gasteiger partial charge in [-0.15, -0.1) is 0 Å². The van der Waals surface area contributed by atoms with Crippen LogP contribution in [0.1, 0.15) is 22.5 Å². The largest absolute Gasteiger partial charge is 0.508 e. The number of hydrogen-bond acceptors (Lipinski definition) is 6. The van der Waals surface area contributed by atoms with Gasteiger partial charge in [0.25, 0.3) is 5.91 Å². The molecule has 158 valence electrons. The summed E-state index contributed by atoms with van der Waals surface area (Å²) in [6.45, 7) is 0. The van der Waals surface area contributed by atoms with Crippen LogP contribution in [0.4, 0.5) is 10.7 Å². The highest BCUT2D eigenvalue weighted by molar-refractivity contribution is 6.47. The van der Waals surface area contributed by atoms with Gasteiger partial charge in [-0.1, -0.05) is 24.3 Å². The molecule has 2 aromatic carbocycles. The van der Waals surface area contributed by atoms with E-state index in [1.54, 1.807) is 23.8 Å². The van der Waals surface area contributed by atoms with Gasteiger partial charge in [0.2, 0.25) is 11.8 Å². The summed E-state index contributed by atoms with van der Waals surface area (Å²) < 4.78 is 7.02. The van der Waals surface area contributed by atoms with E-state index in [4.69, 9.17) is 4.74 Å². The minimum absolute atomic E-state index is 0.0923. The number of carbonyl (C=O) groups excluding carboxylic acids is 2. The summed E-state index contributed by atoms with van der Waals surface area (Å²) in [4.78, 5) is 32.2. The number of hydrogen-bond donors (Lipinski definition) is 3. The number of rotatable bonds is 6. The first kappa shape index (κ1) is 20.1. The lowest BCUT2D eigenvalue weighted by atomic mass is 10.0. The van der Waals surface area contributed by atoms with Gasteiger partial charge in [-0.25, -0.2) is 9.78 Å². The molecule has 0 bridgehead atoms. The number of nitrogens with zero attached hydrogens (tertiary/aromatic N) is 3. The number of nitrogens with one attached hydrogen (secondary N) is 2. The summed E-state index contributed by atoms with van der Waals surface area (Å²) in [7, 11) is 3.43. The third kappa shape index (κ3) is 4.40. The van der Waals surface area contributed by atoms with Gasteiger partial charge in [-0.05, 0) is 35.4 Å². The van der Waals surface area contributed by atoms with Crippen LogP contribution < -0.4 is 15.4 Å². The van der Waals surface area contributed by atoms with Gasteiger partial charge in [0.15, 0.2) is 0 Å². The predicted octanol–water partition coefficient (Wildman–Crippen LogP) is 2.19. The number of imide groups is 1. The zero-order valence-electron chi connectivity index (χ0n) is 17.0. The van der Waals surface area contributed by atoms with Crippen molar-refractivity contribution in [1.29, 1.82) is 0 Å². The Morgan fingerprint density at radius 1 is 1.00 bits per heavy atom. The van der Waals surface area contributed by atoms with Crippen molar-refractivity contribution in [3.63, 3.8) is 0 Å². The van der Waals surface area contributed by atoms with E-state index in [-0.39, 0.29) is 11.6 Å². The lowest BCUT2D eigenvalue weighted by Gasteiger charge is -2.08. The Kier molecular flexibility index (Phi) is 5.40. The average molecular weight is 419 g/mol. The van der Waals surface area contributed by atoms with Crippen molar-refractivity contribution in [2.24, 2.45) is 12.0 Å². The minimum Gasteiger partial charge on any atom is -0.508 e. The molecule has 0 aliphatic carbocycles. The van der Waals surface area contributed by atoms with Crippen LogP contribution in [0.3, 0.4) is 0 Å². The Morgan fingerprint density at radius 2 is 1.65 bits per heavy atom. The summed E-state index contributed by atoms with van der Waals surface area (Å²) in [5.41, 5.74) is 3.73. The maximum atomic E-state index is 11.9. The Morgan fingerprint density at radius 3 is 2.26 bits per heavy atom. The van der Waals surface area contributed by atoms with Crippen molar-refractivity contribution < 1.29 is 19.4 Å². The maximum Gasteiger partial charge on any atom is 0.327 e. The molecule has 2 heterocycles. The summed E-state index contributed by atoms with van der Waals surface area (Å²) in [5.74, 6) is 0.589. The number of phenolic OH excluding ortho intramolecular Hbond substituents is 1. The van der Waals surface area contributed by atoms with Gasteiger partial charge in [0, 0.05) is 25.6 Å². The number of phenols is 1. The second-order valence-corrected chi connectivity index (χ2v) is 7.10. The third-order valence-corrected chi connectivity index (χ3v) is 5.00. The molecule has 0 atom stereocenters. The van der Waals surface area contributed by atoms with Crippen LogP contribution in [-0.4, -0.2) is 39.5 Å². The fourth-order valence-electron chi connectivity index (χ4n) is 3.32. The molecule has 1 aromatic heterocycles. The second-order valence-electron chi connectivity index (χ2n) is 7.10. The standard InChI is InChI=1S/C22H21N5O4/c1-27-18(12-14-3-7-15(28)8-4-14)17(11-13-5-9-16(31-2)10-6-13)23-21(27)24-19-20(29)26-22(30)25-19/h3-10,28H,11-12H2,1-2H3,(H2,23,24,25,26,29,30). The van der Waals surface area contributed by atoms with Gasteiger partial charge in [-0.2, -0.15) is 4.99 Å². The van der Waals surface area contributed by atoms with Crippen LogP contribution in [-0.2, 0) is 24.7 Å². The molecule has 1 aliphatic rings.